The first kappa shape index (κ1) is 16.6. The number of methoxy groups -OCH3 is 1. The third kappa shape index (κ3) is 3.15. The summed E-state index contributed by atoms with van der Waals surface area (Å²) < 4.78 is 11.0. The number of nitrogens with one attached hydrogen (secondary N) is 1. The van der Waals surface area contributed by atoms with E-state index in [1.54, 1.807) is 19.4 Å². The van der Waals surface area contributed by atoms with Crippen LogP contribution >= 0.6 is 0 Å². The molecule has 134 valence electrons. The predicted molar refractivity (Wildman–Crippen MR) is 102 cm³/mol. The molecule has 0 bridgehead atoms. The quantitative estimate of drug-likeness (QED) is 0.782. The van der Waals surface area contributed by atoms with Gasteiger partial charge in [0.25, 0.3) is 0 Å². The molecule has 2 aromatic heterocycles. The molecule has 26 heavy (non-hydrogen) atoms. The lowest BCUT2D eigenvalue weighted by molar-refractivity contribution is 0.398. The molecule has 0 aliphatic carbocycles. The maximum Gasteiger partial charge on any atom is 0.212 e. The highest BCUT2D eigenvalue weighted by Gasteiger charge is 2.17. The number of rotatable bonds is 3. The van der Waals surface area contributed by atoms with Crippen molar-refractivity contribution in [2.75, 3.05) is 31.6 Å². The molecule has 1 N–H and O–H groups in total. The van der Waals surface area contributed by atoms with E-state index in [0.717, 1.165) is 30.9 Å². The largest absolute Gasteiger partial charge is 0.481 e. The predicted octanol–water partition coefficient (Wildman–Crippen LogP) is 2.66. The van der Waals surface area contributed by atoms with E-state index in [1.165, 1.54) is 6.07 Å². The van der Waals surface area contributed by atoms with Gasteiger partial charge < -0.3 is 19.4 Å². The summed E-state index contributed by atoms with van der Waals surface area (Å²) in [6, 6.07) is 11.3. The summed E-state index contributed by atoms with van der Waals surface area (Å²) in [5.41, 5.74) is 2.32. The smallest absolute Gasteiger partial charge is 0.212 e. The number of hydrogen-bond acceptors (Lipinski definition) is 6. The number of piperazine rings is 1. The van der Waals surface area contributed by atoms with Crippen LogP contribution in [0.2, 0.25) is 0 Å². The van der Waals surface area contributed by atoms with Crippen molar-refractivity contribution < 1.29 is 9.15 Å². The Morgan fingerprint density at radius 2 is 2.15 bits per heavy atom. The van der Waals surface area contributed by atoms with Gasteiger partial charge in [0.05, 0.1) is 12.5 Å². The van der Waals surface area contributed by atoms with E-state index in [1.807, 2.05) is 24.3 Å². The summed E-state index contributed by atoms with van der Waals surface area (Å²) in [4.78, 5) is 19.1. The number of nitrogens with zero attached hydrogens (tertiary/aromatic N) is 2. The standard InChI is InChI=1S/C20H21N3O3/c1-13-12-23(8-7-21-13)15-4-5-18-16(9-15)17(24)10-19(26-18)14-3-6-20(25-2)22-11-14/h3-6,9-11,13,21H,7-8,12H2,1-2H3/t13-/m1/s1. The zero-order chi connectivity index (χ0) is 18.1. The van der Waals surface area contributed by atoms with Gasteiger partial charge in [0.15, 0.2) is 5.43 Å². The van der Waals surface area contributed by atoms with Crippen molar-refractivity contribution in [1.29, 1.82) is 0 Å². The molecular weight excluding hydrogens is 330 g/mol. The summed E-state index contributed by atoms with van der Waals surface area (Å²) in [6.45, 7) is 4.96. The molecule has 3 aromatic rings. The number of hydrogen-bond donors (Lipinski definition) is 1. The second-order valence-corrected chi connectivity index (χ2v) is 6.55. The van der Waals surface area contributed by atoms with Crippen molar-refractivity contribution in [3.05, 3.63) is 52.8 Å². The Morgan fingerprint density at radius 1 is 1.27 bits per heavy atom. The van der Waals surface area contributed by atoms with Gasteiger partial charge in [-0.2, -0.15) is 0 Å². The summed E-state index contributed by atoms with van der Waals surface area (Å²) in [5.74, 6) is 1.02. The van der Waals surface area contributed by atoms with Crippen molar-refractivity contribution in [2.45, 2.75) is 13.0 Å². The molecule has 1 saturated heterocycles. The fourth-order valence-electron chi connectivity index (χ4n) is 3.30. The molecule has 0 amide bonds. The van der Waals surface area contributed by atoms with Crippen molar-refractivity contribution >= 4 is 16.7 Å². The van der Waals surface area contributed by atoms with E-state index in [-0.39, 0.29) is 5.43 Å². The van der Waals surface area contributed by atoms with Crippen molar-refractivity contribution in [3.63, 3.8) is 0 Å². The van der Waals surface area contributed by atoms with Gasteiger partial charge in [-0.3, -0.25) is 4.79 Å². The van der Waals surface area contributed by atoms with Crippen molar-refractivity contribution in [1.82, 2.24) is 10.3 Å². The van der Waals surface area contributed by atoms with Gasteiger partial charge in [0.2, 0.25) is 5.88 Å². The lowest BCUT2D eigenvalue weighted by Crippen LogP contribution is -2.49. The van der Waals surface area contributed by atoms with Gasteiger partial charge in [-0.05, 0) is 31.2 Å². The first-order valence-corrected chi connectivity index (χ1v) is 8.71. The lowest BCUT2D eigenvalue weighted by atomic mass is 10.1. The van der Waals surface area contributed by atoms with Gasteiger partial charge >= 0.3 is 0 Å². The molecule has 1 fully saturated rings. The fourth-order valence-corrected chi connectivity index (χ4v) is 3.30. The summed E-state index contributed by atoms with van der Waals surface area (Å²) in [5, 5.41) is 4.02. The summed E-state index contributed by atoms with van der Waals surface area (Å²) >= 11 is 0. The van der Waals surface area contributed by atoms with Gasteiger partial charge in [0.1, 0.15) is 11.3 Å². The molecule has 1 aromatic carbocycles. The van der Waals surface area contributed by atoms with Crippen LogP contribution < -0.4 is 20.4 Å². The molecule has 6 nitrogen and oxygen atoms in total. The molecule has 4 rings (SSSR count). The van der Waals surface area contributed by atoms with Crippen LogP contribution in [-0.4, -0.2) is 37.8 Å². The highest BCUT2D eigenvalue weighted by Crippen LogP contribution is 2.26. The van der Waals surface area contributed by atoms with E-state index >= 15 is 0 Å². The molecule has 0 saturated carbocycles. The maximum atomic E-state index is 12.7. The van der Waals surface area contributed by atoms with Crippen LogP contribution in [0.25, 0.3) is 22.3 Å². The number of anilines is 1. The summed E-state index contributed by atoms with van der Waals surface area (Å²) in [6.07, 6.45) is 1.64. The van der Waals surface area contributed by atoms with E-state index in [9.17, 15) is 4.79 Å². The topological polar surface area (TPSA) is 67.6 Å². The molecule has 0 unspecified atom stereocenters. The Labute approximate surface area is 151 Å². The van der Waals surface area contributed by atoms with E-state index in [2.05, 4.69) is 22.1 Å². The fraction of sp³-hybridized carbons (Fsp3) is 0.300. The molecule has 0 radical (unpaired) electrons. The Kier molecular flexibility index (Phi) is 4.34. The Hall–Kier alpha value is -2.86. The monoisotopic (exact) mass is 351 g/mol. The van der Waals surface area contributed by atoms with Crippen LogP contribution in [0, 0.1) is 0 Å². The third-order valence-electron chi connectivity index (χ3n) is 4.67. The SMILES string of the molecule is COc1ccc(-c2cc(=O)c3cc(N4CCN[C@H](C)C4)ccc3o2)cn1. The highest BCUT2D eigenvalue weighted by atomic mass is 16.5. The van der Waals surface area contributed by atoms with Crippen LogP contribution in [0.3, 0.4) is 0 Å². The molecule has 6 heteroatoms. The van der Waals surface area contributed by atoms with Gasteiger partial charge in [0, 0.05) is 55.3 Å². The van der Waals surface area contributed by atoms with Gasteiger partial charge in [-0.15, -0.1) is 0 Å². The van der Waals surface area contributed by atoms with Crippen LogP contribution in [0.1, 0.15) is 6.92 Å². The molecule has 1 atom stereocenters. The molecule has 3 heterocycles. The van der Waals surface area contributed by atoms with E-state index in [4.69, 9.17) is 9.15 Å². The first-order chi connectivity index (χ1) is 12.6. The Morgan fingerprint density at radius 3 is 2.88 bits per heavy atom. The van der Waals surface area contributed by atoms with Crippen LogP contribution in [-0.2, 0) is 0 Å². The lowest BCUT2D eigenvalue weighted by Gasteiger charge is -2.33. The first-order valence-electron chi connectivity index (χ1n) is 8.71. The van der Waals surface area contributed by atoms with Gasteiger partial charge in [-0.1, -0.05) is 0 Å². The Bertz CT molecular complexity index is 982. The Balaban J connectivity index is 1.71. The molecule has 0 spiro atoms. The van der Waals surface area contributed by atoms with Crippen LogP contribution in [0.5, 0.6) is 5.88 Å². The maximum absolute atomic E-state index is 12.7. The van der Waals surface area contributed by atoms with E-state index in [0.29, 0.717) is 28.7 Å². The number of fused-ring (bicyclic) bond motifs is 1. The number of ether oxygens (including phenoxy) is 1. The highest BCUT2D eigenvalue weighted by molar-refractivity contribution is 5.82. The summed E-state index contributed by atoms with van der Waals surface area (Å²) in [7, 11) is 1.56. The van der Waals surface area contributed by atoms with Crippen LogP contribution in [0.4, 0.5) is 5.69 Å². The average Bonchev–Trinajstić information content (AvgIpc) is 2.68. The van der Waals surface area contributed by atoms with E-state index < -0.39 is 0 Å². The third-order valence-corrected chi connectivity index (χ3v) is 4.67. The number of pyridine rings is 1. The number of benzene rings is 1. The molecular formula is C20H21N3O3. The molecule has 1 aliphatic heterocycles. The van der Waals surface area contributed by atoms with Crippen molar-refractivity contribution in [3.8, 4) is 17.2 Å². The van der Waals surface area contributed by atoms with Crippen LogP contribution in [0.15, 0.2) is 51.8 Å². The second kappa shape index (κ2) is 6.80. The minimum Gasteiger partial charge on any atom is -0.481 e. The molecule has 1 aliphatic rings. The zero-order valence-corrected chi connectivity index (χ0v) is 14.9. The average molecular weight is 351 g/mol. The number of aromatic nitrogens is 1. The minimum absolute atomic E-state index is 0.0536. The normalized spacial score (nSPS) is 17.5. The minimum atomic E-state index is -0.0536. The van der Waals surface area contributed by atoms with Gasteiger partial charge in [-0.25, -0.2) is 4.98 Å². The second-order valence-electron chi connectivity index (χ2n) is 6.55. The van der Waals surface area contributed by atoms with Crippen molar-refractivity contribution in [2.24, 2.45) is 0 Å². The zero-order valence-electron chi connectivity index (χ0n) is 14.9.